The number of nitro benzene ring substituents is 1. The van der Waals surface area contributed by atoms with Crippen molar-refractivity contribution < 1.29 is 14.5 Å². The van der Waals surface area contributed by atoms with E-state index in [1.807, 2.05) is 43.0 Å². The van der Waals surface area contributed by atoms with Crippen molar-refractivity contribution in [2.24, 2.45) is 0 Å². The first-order valence-corrected chi connectivity index (χ1v) is 10.9. The first-order chi connectivity index (χ1) is 15.4. The van der Waals surface area contributed by atoms with Gasteiger partial charge in [-0.2, -0.15) is 0 Å². The monoisotopic (exact) mass is 434 g/mol. The van der Waals surface area contributed by atoms with E-state index in [0.717, 1.165) is 24.1 Å². The van der Waals surface area contributed by atoms with Crippen LogP contribution in [0.3, 0.4) is 0 Å². The summed E-state index contributed by atoms with van der Waals surface area (Å²) in [5, 5.41) is 14.5. The van der Waals surface area contributed by atoms with Gasteiger partial charge in [0.05, 0.1) is 16.6 Å². The molecule has 1 saturated heterocycles. The van der Waals surface area contributed by atoms with Gasteiger partial charge in [-0.25, -0.2) is 0 Å². The average Bonchev–Trinajstić information content (AvgIpc) is 3.19. The molecule has 0 bridgehead atoms. The third kappa shape index (κ3) is 5.60. The summed E-state index contributed by atoms with van der Waals surface area (Å²) in [6.07, 6.45) is 5.19. The lowest BCUT2D eigenvalue weighted by atomic mass is 9.89. The molecule has 7 nitrogen and oxygen atoms in total. The van der Waals surface area contributed by atoms with Crippen LogP contribution in [0.5, 0.6) is 0 Å². The van der Waals surface area contributed by atoms with Crippen LogP contribution < -0.4 is 5.32 Å². The number of benzene rings is 2. The van der Waals surface area contributed by atoms with Crippen LogP contribution in [0, 0.1) is 16.2 Å². The maximum absolute atomic E-state index is 12.3. The molecule has 0 unspecified atom stereocenters. The van der Waals surface area contributed by atoms with Gasteiger partial charge in [0.15, 0.2) is 0 Å². The van der Waals surface area contributed by atoms with E-state index in [-0.39, 0.29) is 23.4 Å². The van der Waals surface area contributed by atoms with Gasteiger partial charge in [-0.15, -0.1) is 0 Å². The first-order valence-electron chi connectivity index (χ1n) is 10.9. The standard InChI is InChI=1S/C25H28N3O4/c1-18(2)20-9-3-4-10-21(20)25-19(8-5-11-22(25)28(31)32)13-14-23(29)26-15-7-17-27-16-6-12-24(27)30/h3-5,8-10,13-14,18H,6-7,12,15-17H2,1-2H3,(H,26,29)/b14-13+. The average molecular weight is 435 g/mol. The second kappa shape index (κ2) is 10.7. The maximum atomic E-state index is 12.3. The van der Waals surface area contributed by atoms with Crippen LogP contribution in [0.2, 0.25) is 0 Å². The number of carbonyl (C=O) groups is 2. The molecule has 2 amide bonds. The van der Waals surface area contributed by atoms with Crippen LogP contribution in [0.25, 0.3) is 17.2 Å². The van der Waals surface area contributed by atoms with E-state index in [4.69, 9.17) is 0 Å². The van der Waals surface area contributed by atoms with Crippen molar-refractivity contribution in [3.05, 3.63) is 69.8 Å². The van der Waals surface area contributed by atoms with Gasteiger partial charge < -0.3 is 10.2 Å². The summed E-state index contributed by atoms with van der Waals surface area (Å²) < 4.78 is 0. The minimum Gasteiger partial charge on any atom is -0.352 e. The number of nitrogens with one attached hydrogen (secondary N) is 1. The van der Waals surface area contributed by atoms with Crippen molar-refractivity contribution >= 4 is 23.6 Å². The second-order valence-corrected chi connectivity index (χ2v) is 8.12. The molecule has 0 saturated carbocycles. The minimum absolute atomic E-state index is 0.115. The first kappa shape index (κ1) is 23.2. The number of carbonyl (C=O) groups excluding carboxylic acids is 2. The van der Waals surface area contributed by atoms with Crippen molar-refractivity contribution in [1.82, 2.24) is 10.2 Å². The fourth-order valence-corrected chi connectivity index (χ4v) is 3.94. The molecule has 1 aliphatic rings. The number of hydrogen-bond donors (Lipinski definition) is 1. The molecule has 167 valence electrons. The lowest BCUT2D eigenvalue weighted by Crippen LogP contribution is -2.29. The van der Waals surface area contributed by atoms with E-state index in [2.05, 4.69) is 11.4 Å². The molecular formula is C25H28N3O4. The maximum Gasteiger partial charge on any atom is 0.285 e. The molecular weight excluding hydrogens is 406 g/mol. The molecule has 0 aromatic heterocycles. The Morgan fingerprint density at radius 1 is 1.31 bits per heavy atom. The van der Waals surface area contributed by atoms with E-state index in [1.54, 1.807) is 12.1 Å². The lowest BCUT2D eigenvalue weighted by molar-refractivity contribution is -0.384. The highest BCUT2D eigenvalue weighted by molar-refractivity contribution is 5.94. The summed E-state index contributed by atoms with van der Waals surface area (Å²) >= 11 is 0. The minimum atomic E-state index is -0.441. The Morgan fingerprint density at radius 3 is 2.78 bits per heavy atom. The lowest BCUT2D eigenvalue weighted by Gasteiger charge is -2.15. The summed E-state index contributed by atoms with van der Waals surface area (Å²) in [7, 11) is 0. The van der Waals surface area contributed by atoms with E-state index < -0.39 is 4.92 Å². The van der Waals surface area contributed by atoms with E-state index in [9.17, 15) is 19.7 Å². The molecule has 32 heavy (non-hydrogen) atoms. The Morgan fingerprint density at radius 2 is 2.09 bits per heavy atom. The van der Waals surface area contributed by atoms with Crippen LogP contribution in [-0.2, 0) is 9.59 Å². The Hall–Kier alpha value is -3.48. The van der Waals surface area contributed by atoms with Gasteiger partial charge in [-0.3, -0.25) is 19.7 Å². The summed E-state index contributed by atoms with van der Waals surface area (Å²) in [6.45, 7) is 5.96. The molecule has 2 aromatic rings. The molecule has 2 aromatic carbocycles. The van der Waals surface area contributed by atoms with Gasteiger partial charge in [0.25, 0.3) is 5.69 Å². The van der Waals surface area contributed by atoms with Gasteiger partial charge in [0.2, 0.25) is 11.8 Å². The number of hydrogen-bond acceptors (Lipinski definition) is 4. The van der Waals surface area contributed by atoms with E-state index in [1.165, 1.54) is 12.1 Å². The third-order valence-corrected chi connectivity index (χ3v) is 5.53. The largest absolute Gasteiger partial charge is 0.352 e. The molecule has 0 aliphatic carbocycles. The highest BCUT2D eigenvalue weighted by Gasteiger charge is 2.22. The summed E-state index contributed by atoms with van der Waals surface area (Å²) in [4.78, 5) is 37.0. The number of nitro groups is 1. The highest BCUT2D eigenvalue weighted by Crippen LogP contribution is 2.38. The second-order valence-electron chi connectivity index (χ2n) is 8.12. The molecule has 1 heterocycles. The Labute approximate surface area is 188 Å². The third-order valence-electron chi connectivity index (χ3n) is 5.53. The molecule has 1 fully saturated rings. The van der Waals surface area contributed by atoms with Crippen LogP contribution in [-0.4, -0.2) is 41.3 Å². The molecule has 1 radical (unpaired) electrons. The SMILES string of the molecule is CC(C)c1ccccc1-c1c([N+](=O)[O-])[c]ccc1/C=C/C(=O)NCCCN1CCCC1=O. The Balaban J connectivity index is 1.76. The Kier molecular flexibility index (Phi) is 7.76. The molecule has 3 rings (SSSR count). The van der Waals surface area contributed by atoms with Crippen molar-refractivity contribution in [2.75, 3.05) is 19.6 Å². The van der Waals surface area contributed by atoms with Gasteiger partial charge in [-0.05, 0) is 47.6 Å². The molecule has 1 N–H and O–H groups in total. The number of nitrogens with zero attached hydrogens (tertiary/aromatic N) is 2. The molecule has 7 heteroatoms. The molecule has 1 aliphatic heterocycles. The topological polar surface area (TPSA) is 92.5 Å². The van der Waals surface area contributed by atoms with Crippen molar-refractivity contribution in [3.8, 4) is 11.1 Å². The Bertz CT molecular complexity index is 1030. The van der Waals surface area contributed by atoms with Crippen LogP contribution in [0.15, 0.2) is 42.5 Å². The van der Waals surface area contributed by atoms with Crippen molar-refractivity contribution in [2.45, 2.75) is 39.0 Å². The van der Waals surface area contributed by atoms with Crippen LogP contribution >= 0.6 is 0 Å². The zero-order valence-corrected chi connectivity index (χ0v) is 18.5. The fraction of sp³-hybridized carbons (Fsp3) is 0.360. The zero-order valence-electron chi connectivity index (χ0n) is 18.5. The van der Waals surface area contributed by atoms with Crippen molar-refractivity contribution in [1.29, 1.82) is 0 Å². The van der Waals surface area contributed by atoms with E-state index >= 15 is 0 Å². The smallest absolute Gasteiger partial charge is 0.285 e. The summed E-state index contributed by atoms with van der Waals surface area (Å²) in [6, 6.07) is 13.6. The van der Waals surface area contributed by atoms with Gasteiger partial charge >= 0.3 is 0 Å². The van der Waals surface area contributed by atoms with Crippen LogP contribution in [0.1, 0.15) is 50.2 Å². The number of likely N-dealkylation sites (tertiary alicyclic amines) is 1. The number of amides is 2. The predicted octanol–water partition coefficient (Wildman–Crippen LogP) is 4.33. The number of rotatable bonds is 9. The van der Waals surface area contributed by atoms with E-state index in [0.29, 0.717) is 37.1 Å². The van der Waals surface area contributed by atoms with Gasteiger partial charge in [0, 0.05) is 32.1 Å². The zero-order chi connectivity index (χ0) is 23.1. The summed E-state index contributed by atoms with van der Waals surface area (Å²) in [5.41, 5.74) is 2.68. The van der Waals surface area contributed by atoms with Crippen molar-refractivity contribution in [3.63, 3.8) is 0 Å². The quantitative estimate of drug-likeness (QED) is 0.275. The molecule has 0 spiro atoms. The fourth-order valence-electron chi connectivity index (χ4n) is 3.94. The van der Waals surface area contributed by atoms with Crippen LogP contribution in [0.4, 0.5) is 5.69 Å². The van der Waals surface area contributed by atoms with Gasteiger partial charge in [0.1, 0.15) is 0 Å². The highest BCUT2D eigenvalue weighted by atomic mass is 16.6. The normalized spacial score (nSPS) is 13.8. The van der Waals surface area contributed by atoms with Gasteiger partial charge in [-0.1, -0.05) is 44.2 Å². The predicted molar refractivity (Wildman–Crippen MR) is 124 cm³/mol. The summed E-state index contributed by atoms with van der Waals surface area (Å²) in [5.74, 6) is 0.0675. The molecule has 0 atom stereocenters.